The van der Waals surface area contributed by atoms with E-state index in [0.29, 0.717) is 25.7 Å². The Labute approximate surface area is 341 Å². The van der Waals surface area contributed by atoms with Crippen molar-refractivity contribution in [3.63, 3.8) is 0 Å². The Hall–Kier alpha value is -1.65. The van der Waals surface area contributed by atoms with E-state index in [1.807, 2.05) is 0 Å². The standard InChI is InChI=1S/C44H84NO10P/c1-3-5-7-9-11-13-14-15-16-18-20-25-29-33-43(48)52-38-42(39-54-56(50,51)53-36-35-45)55-44(49)34-30-26-22-21-24-28-32-41(47)37-40(46)31-27-23-19-17-12-10-8-6-4-2/h42H,3-39,45H2,1-2H3,(H,50,51)/t42-/m1/s1. The van der Waals surface area contributed by atoms with Crippen LogP contribution in [0.5, 0.6) is 0 Å². The van der Waals surface area contributed by atoms with E-state index in [1.165, 1.54) is 103 Å². The molecule has 0 aromatic heterocycles. The highest BCUT2D eigenvalue weighted by Gasteiger charge is 2.26. The molecule has 0 bridgehead atoms. The normalized spacial score (nSPS) is 13.0. The van der Waals surface area contributed by atoms with Crippen LogP contribution in [0.2, 0.25) is 0 Å². The van der Waals surface area contributed by atoms with Crippen LogP contribution in [0.3, 0.4) is 0 Å². The molecule has 0 aromatic rings. The summed E-state index contributed by atoms with van der Waals surface area (Å²) < 4.78 is 32.7. The lowest BCUT2D eigenvalue weighted by atomic mass is 10.0. The van der Waals surface area contributed by atoms with Gasteiger partial charge in [-0.2, -0.15) is 0 Å². The van der Waals surface area contributed by atoms with Gasteiger partial charge in [-0.1, -0.05) is 168 Å². The topological polar surface area (TPSA) is 169 Å². The third-order valence-corrected chi connectivity index (χ3v) is 11.0. The first-order valence-electron chi connectivity index (χ1n) is 22.8. The van der Waals surface area contributed by atoms with E-state index < -0.39 is 32.5 Å². The summed E-state index contributed by atoms with van der Waals surface area (Å²) in [6.45, 7) is 3.55. The van der Waals surface area contributed by atoms with Crippen LogP contribution < -0.4 is 5.73 Å². The van der Waals surface area contributed by atoms with Gasteiger partial charge in [0, 0.05) is 32.2 Å². The molecule has 0 aromatic carbocycles. The zero-order chi connectivity index (χ0) is 41.4. The lowest BCUT2D eigenvalue weighted by molar-refractivity contribution is -0.161. The monoisotopic (exact) mass is 818 g/mol. The van der Waals surface area contributed by atoms with Gasteiger partial charge in [0.1, 0.15) is 18.2 Å². The molecule has 56 heavy (non-hydrogen) atoms. The van der Waals surface area contributed by atoms with Gasteiger partial charge in [-0.15, -0.1) is 0 Å². The van der Waals surface area contributed by atoms with Crippen LogP contribution >= 0.6 is 7.82 Å². The highest BCUT2D eigenvalue weighted by molar-refractivity contribution is 7.47. The highest BCUT2D eigenvalue weighted by Crippen LogP contribution is 2.43. The molecule has 0 saturated heterocycles. The average molecular weight is 818 g/mol. The number of phosphoric ester groups is 1. The summed E-state index contributed by atoms with van der Waals surface area (Å²) in [5.41, 5.74) is 5.34. The highest BCUT2D eigenvalue weighted by atomic mass is 31.2. The van der Waals surface area contributed by atoms with Gasteiger partial charge in [-0.25, -0.2) is 4.57 Å². The van der Waals surface area contributed by atoms with Crippen LogP contribution in [0, 0.1) is 0 Å². The summed E-state index contributed by atoms with van der Waals surface area (Å²) >= 11 is 0. The van der Waals surface area contributed by atoms with Crippen molar-refractivity contribution in [2.45, 2.75) is 232 Å². The second-order valence-electron chi connectivity index (χ2n) is 15.6. The summed E-state index contributed by atoms with van der Waals surface area (Å²) in [5, 5.41) is 0. The number of hydrogen-bond donors (Lipinski definition) is 2. The van der Waals surface area contributed by atoms with E-state index in [-0.39, 0.29) is 50.6 Å². The van der Waals surface area contributed by atoms with Crippen molar-refractivity contribution in [3.05, 3.63) is 0 Å². The number of hydrogen-bond acceptors (Lipinski definition) is 10. The molecule has 2 atom stereocenters. The molecule has 0 aliphatic rings. The van der Waals surface area contributed by atoms with Crippen molar-refractivity contribution < 1.29 is 47.2 Å². The van der Waals surface area contributed by atoms with Crippen LogP contribution in [0.15, 0.2) is 0 Å². The predicted octanol–water partition coefficient (Wildman–Crippen LogP) is 11.6. The van der Waals surface area contributed by atoms with Crippen LogP contribution in [0.25, 0.3) is 0 Å². The molecule has 0 saturated carbocycles. The number of phosphoric acid groups is 1. The van der Waals surface area contributed by atoms with E-state index in [4.69, 9.17) is 24.3 Å². The molecule has 0 aliphatic carbocycles. The molecular weight excluding hydrogens is 733 g/mol. The fraction of sp³-hybridized carbons (Fsp3) is 0.909. The average Bonchev–Trinajstić information content (AvgIpc) is 3.17. The van der Waals surface area contributed by atoms with E-state index in [9.17, 15) is 28.6 Å². The Bertz CT molecular complexity index is 1010. The van der Waals surface area contributed by atoms with Crippen LogP contribution in [-0.2, 0) is 42.3 Å². The number of ketones is 2. The van der Waals surface area contributed by atoms with Gasteiger partial charge in [-0.3, -0.25) is 28.2 Å². The summed E-state index contributed by atoms with van der Waals surface area (Å²) in [7, 11) is -4.41. The number of unbranched alkanes of at least 4 members (excludes halogenated alkanes) is 25. The summed E-state index contributed by atoms with van der Waals surface area (Å²) in [6.07, 6.45) is 31.7. The Balaban J connectivity index is 4.19. The number of carbonyl (C=O) groups is 4. The molecule has 0 radical (unpaired) electrons. The van der Waals surface area contributed by atoms with Gasteiger partial charge in [0.2, 0.25) is 0 Å². The van der Waals surface area contributed by atoms with Gasteiger partial charge >= 0.3 is 19.8 Å². The van der Waals surface area contributed by atoms with Gasteiger partial charge in [-0.05, 0) is 25.7 Å². The van der Waals surface area contributed by atoms with Gasteiger partial charge in [0.25, 0.3) is 0 Å². The molecule has 0 fully saturated rings. The molecule has 0 spiro atoms. The number of Topliss-reactive ketones (excluding diaryl/α,β-unsaturated/α-hetero) is 2. The molecule has 0 rings (SSSR count). The smallest absolute Gasteiger partial charge is 0.462 e. The van der Waals surface area contributed by atoms with Crippen molar-refractivity contribution in [1.29, 1.82) is 0 Å². The van der Waals surface area contributed by atoms with Gasteiger partial charge in [0.05, 0.1) is 19.6 Å². The zero-order valence-corrected chi connectivity index (χ0v) is 36.8. The first-order chi connectivity index (χ1) is 27.1. The molecule has 330 valence electrons. The molecule has 0 heterocycles. The largest absolute Gasteiger partial charge is 0.472 e. The first kappa shape index (κ1) is 54.3. The van der Waals surface area contributed by atoms with Crippen molar-refractivity contribution in [1.82, 2.24) is 0 Å². The van der Waals surface area contributed by atoms with Gasteiger partial charge < -0.3 is 20.1 Å². The summed E-state index contributed by atoms with van der Waals surface area (Å²) in [4.78, 5) is 59.3. The van der Waals surface area contributed by atoms with E-state index in [0.717, 1.165) is 64.2 Å². The maximum absolute atomic E-state index is 12.6. The molecule has 11 nitrogen and oxygen atoms in total. The molecule has 12 heteroatoms. The SMILES string of the molecule is CCCCCCCCCCCCCCCC(=O)OC[C@H](COP(=O)(O)OCCN)OC(=O)CCCCCCCCC(=O)CC(=O)CCCCCCCCCCC. The maximum atomic E-state index is 12.6. The van der Waals surface area contributed by atoms with Crippen molar-refractivity contribution >= 4 is 31.3 Å². The molecular formula is C44H84NO10P. The van der Waals surface area contributed by atoms with Crippen molar-refractivity contribution in [2.24, 2.45) is 5.73 Å². The van der Waals surface area contributed by atoms with E-state index in [1.54, 1.807) is 0 Å². The minimum absolute atomic E-state index is 0.0287. The Morgan fingerprint density at radius 3 is 1.25 bits per heavy atom. The molecule has 0 amide bonds. The number of nitrogens with two attached hydrogens (primary N) is 1. The lowest BCUT2D eigenvalue weighted by Crippen LogP contribution is -2.29. The van der Waals surface area contributed by atoms with Crippen molar-refractivity contribution in [2.75, 3.05) is 26.4 Å². The number of esters is 2. The predicted molar refractivity (Wildman–Crippen MR) is 225 cm³/mol. The number of carbonyl (C=O) groups excluding carboxylic acids is 4. The summed E-state index contributed by atoms with van der Waals surface area (Å²) in [5.74, 6) is -0.837. The fourth-order valence-corrected chi connectivity index (χ4v) is 7.38. The quantitative estimate of drug-likeness (QED) is 0.0260. The lowest BCUT2D eigenvalue weighted by Gasteiger charge is -2.19. The van der Waals surface area contributed by atoms with Crippen LogP contribution in [0.4, 0.5) is 0 Å². The zero-order valence-electron chi connectivity index (χ0n) is 35.9. The Morgan fingerprint density at radius 1 is 0.500 bits per heavy atom. The molecule has 3 N–H and O–H groups in total. The fourth-order valence-electron chi connectivity index (χ4n) is 6.62. The first-order valence-corrected chi connectivity index (χ1v) is 24.3. The second kappa shape index (κ2) is 40.1. The van der Waals surface area contributed by atoms with Crippen molar-refractivity contribution in [3.8, 4) is 0 Å². The minimum atomic E-state index is -4.41. The minimum Gasteiger partial charge on any atom is -0.462 e. The Morgan fingerprint density at radius 2 is 0.857 bits per heavy atom. The van der Waals surface area contributed by atoms with E-state index >= 15 is 0 Å². The number of rotatable bonds is 44. The molecule has 0 aliphatic heterocycles. The molecule has 1 unspecified atom stereocenters. The third kappa shape index (κ3) is 39.2. The second-order valence-corrected chi connectivity index (χ2v) is 17.1. The summed E-state index contributed by atoms with van der Waals surface area (Å²) in [6, 6.07) is 0. The van der Waals surface area contributed by atoms with E-state index in [2.05, 4.69) is 13.8 Å². The maximum Gasteiger partial charge on any atom is 0.472 e. The van der Waals surface area contributed by atoms with Crippen LogP contribution in [-0.4, -0.2) is 60.9 Å². The van der Waals surface area contributed by atoms with Crippen LogP contribution in [0.1, 0.15) is 226 Å². The Kier molecular flexibility index (Phi) is 39.0. The van der Waals surface area contributed by atoms with Gasteiger partial charge in [0.15, 0.2) is 6.10 Å². The number of ether oxygens (including phenoxy) is 2. The third-order valence-electron chi connectivity index (χ3n) is 10.0.